The summed E-state index contributed by atoms with van der Waals surface area (Å²) in [5, 5.41) is 17.1. The lowest BCUT2D eigenvalue weighted by atomic mass is 9.95. The number of hydrogen-bond acceptors (Lipinski definition) is 6. The number of anilines is 1. The molecule has 4 heterocycles. The van der Waals surface area contributed by atoms with Crippen LogP contribution >= 0.6 is 11.6 Å². The van der Waals surface area contributed by atoms with Crippen LogP contribution in [0.1, 0.15) is 48.7 Å². The standard InChI is InChI=1S/C25H32ClN7O2Si/c1-25(2,35-36(3,4)5)20-11-21-16(14-32(31-21)18-6-8-27-9-7-18)10-22(20)30-24(34)19-13-29-33-15-17(26)12-28-23(19)33/h10-15,18,27H,6-9H2,1-5H3,(H,30,34). The Morgan fingerprint density at radius 3 is 2.67 bits per heavy atom. The molecule has 1 aliphatic rings. The molecule has 1 fully saturated rings. The largest absolute Gasteiger partial charge is 0.409 e. The van der Waals surface area contributed by atoms with Gasteiger partial charge in [0, 0.05) is 29.0 Å². The van der Waals surface area contributed by atoms with Crippen LogP contribution in [0.15, 0.2) is 36.9 Å². The molecular formula is C25H32ClN7O2Si. The van der Waals surface area contributed by atoms with Crippen molar-refractivity contribution in [2.24, 2.45) is 0 Å². The zero-order chi connectivity index (χ0) is 25.7. The van der Waals surface area contributed by atoms with Crippen molar-refractivity contribution in [3.8, 4) is 0 Å². The van der Waals surface area contributed by atoms with Gasteiger partial charge in [-0.3, -0.25) is 9.48 Å². The molecule has 190 valence electrons. The van der Waals surface area contributed by atoms with Crippen molar-refractivity contribution in [1.82, 2.24) is 29.7 Å². The molecule has 1 aliphatic heterocycles. The number of hydrogen-bond donors (Lipinski definition) is 2. The van der Waals surface area contributed by atoms with Crippen LogP contribution in [0.2, 0.25) is 24.7 Å². The molecule has 0 aliphatic carbocycles. The Morgan fingerprint density at radius 2 is 1.94 bits per heavy atom. The number of aromatic nitrogens is 5. The maximum atomic E-state index is 13.4. The molecule has 0 unspecified atom stereocenters. The SMILES string of the molecule is CC(C)(O[Si](C)(C)C)c1cc2nn(C3CCNCC3)cc2cc1NC(=O)c1cnn2cc(Cl)cnc12. The fourth-order valence-corrected chi connectivity index (χ4v) is 6.75. The van der Waals surface area contributed by atoms with Gasteiger partial charge in [0.25, 0.3) is 5.91 Å². The molecular weight excluding hydrogens is 494 g/mol. The van der Waals surface area contributed by atoms with E-state index in [9.17, 15) is 4.79 Å². The summed E-state index contributed by atoms with van der Waals surface area (Å²) in [5.41, 5.74) is 2.64. The Kier molecular flexibility index (Phi) is 6.40. The van der Waals surface area contributed by atoms with Gasteiger partial charge < -0.3 is 15.1 Å². The van der Waals surface area contributed by atoms with Crippen molar-refractivity contribution >= 4 is 48.1 Å². The fourth-order valence-electron chi connectivity index (χ4n) is 4.97. The molecule has 0 atom stereocenters. The minimum absolute atomic E-state index is 0.296. The van der Waals surface area contributed by atoms with Crippen LogP contribution in [0.3, 0.4) is 0 Å². The van der Waals surface area contributed by atoms with Crippen LogP contribution in [0.4, 0.5) is 5.69 Å². The highest BCUT2D eigenvalue weighted by atomic mass is 35.5. The fraction of sp³-hybridized carbons (Fsp3) is 0.440. The van der Waals surface area contributed by atoms with E-state index in [0.717, 1.165) is 42.4 Å². The van der Waals surface area contributed by atoms with E-state index in [0.29, 0.717) is 28.0 Å². The molecule has 11 heteroatoms. The summed E-state index contributed by atoms with van der Waals surface area (Å²) in [7, 11) is -1.90. The molecule has 1 amide bonds. The van der Waals surface area contributed by atoms with Crippen molar-refractivity contribution in [1.29, 1.82) is 0 Å². The first-order valence-corrected chi connectivity index (χ1v) is 16.0. The molecule has 0 bridgehead atoms. The highest BCUT2D eigenvalue weighted by Gasteiger charge is 2.32. The van der Waals surface area contributed by atoms with Gasteiger partial charge in [0.05, 0.1) is 34.6 Å². The van der Waals surface area contributed by atoms with E-state index in [4.69, 9.17) is 21.1 Å². The lowest BCUT2D eigenvalue weighted by Crippen LogP contribution is -2.37. The molecule has 5 rings (SSSR count). The van der Waals surface area contributed by atoms with E-state index in [-0.39, 0.29) is 5.91 Å². The van der Waals surface area contributed by atoms with Gasteiger partial charge in [-0.05, 0) is 71.6 Å². The first-order valence-electron chi connectivity index (χ1n) is 12.2. The van der Waals surface area contributed by atoms with Gasteiger partial charge in [-0.25, -0.2) is 9.50 Å². The van der Waals surface area contributed by atoms with Crippen LogP contribution in [-0.4, -0.2) is 51.7 Å². The number of benzene rings is 1. The number of fused-ring (bicyclic) bond motifs is 2. The Hall–Kier alpha value is -2.79. The van der Waals surface area contributed by atoms with E-state index in [1.807, 2.05) is 19.9 Å². The van der Waals surface area contributed by atoms with Gasteiger partial charge in [0.1, 0.15) is 5.56 Å². The molecule has 4 aromatic rings. The molecule has 36 heavy (non-hydrogen) atoms. The third kappa shape index (κ3) is 5.03. The molecule has 0 radical (unpaired) electrons. The second kappa shape index (κ2) is 9.26. The van der Waals surface area contributed by atoms with Crippen molar-refractivity contribution in [3.63, 3.8) is 0 Å². The lowest BCUT2D eigenvalue weighted by molar-refractivity contribution is 0.0997. The third-order valence-electron chi connectivity index (χ3n) is 6.37. The van der Waals surface area contributed by atoms with E-state index in [1.54, 1.807) is 6.20 Å². The van der Waals surface area contributed by atoms with Gasteiger partial charge in [0.15, 0.2) is 14.0 Å². The molecule has 9 nitrogen and oxygen atoms in total. The molecule has 3 aromatic heterocycles. The van der Waals surface area contributed by atoms with Crippen LogP contribution in [0.5, 0.6) is 0 Å². The zero-order valence-corrected chi connectivity index (χ0v) is 23.1. The van der Waals surface area contributed by atoms with Crippen molar-refractivity contribution in [3.05, 3.63) is 53.1 Å². The maximum absolute atomic E-state index is 13.4. The summed E-state index contributed by atoms with van der Waals surface area (Å²) in [6, 6.07) is 4.41. The third-order valence-corrected chi connectivity index (χ3v) is 7.69. The highest BCUT2D eigenvalue weighted by molar-refractivity contribution is 6.69. The quantitative estimate of drug-likeness (QED) is 0.344. The summed E-state index contributed by atoms with van der Waals surface area (Å²) in [5.74, 6) is -0.296. The number of rotatable bonds is 6. The number of halogens is 1. The average Bonchev–Trinajstić information content (AvgIpc) is 3.41. The van der Waals surface area contributed by atoms with Crippen molar-refractivity contribution in [2.45, 2.75) is 58.0 Å². The summed E-state index contributed by atoms with van der Waals surface area (Å²) in [6.07, 6.45) is 8.80. The maximum Gasteiger partial charge on any atom is 0.261 e. The summed E-state index contributed by atoms with van der Waals surface area (Å²) < 4.78 is 10.2. The Morgan fingerprint density at radius 1 is 1.19 bits per heavy atom. The highest BCUT2D eigenvalue weighted by Crippen LogP contribution is 2.37. The van der Waals surface area contributed by atoms with Gasteiger partial charge in [-0.2, -0.15) is 10.2 Å². The van der Waals surface area contributed by atoms with Crippen LogP contribution in [0, 0.1) is 0 Å². The Balaban J connectivity index is 1.56. The number of amides is 1. The Labute approximate surface area is 216 Å². The van der Waals surface area contributed by atoms with Crippen molar-refractivity contribution in [2.75, 3.05) is 18.4 Å². The minimum atomic E-state index is -1.90. The van der Waals surface area contributed by atoms with E-state index in [2.05, 4.69) is 57.3 Å². The summed E-state index contributed by atoms with van der Waals surface area (Å²) in [6.45, 7) is 12.6. The van der Waals surface area contributed by atoms with Gasteiger partial charge >= 0.3 is 0 Å². The molecule has 1 saturated heterocycles. The average molecular weight is 526 g/mol. The molecule has 2 N–H and O–H groups in total. The van der Waals surface area contributed by atoms with Crippen LogP contribution in [-0.2, 0) is 10.0 Å². The Bertz CT molecular complexity index is 1430. The van der Waals surface area contributed by atoms with E-state index >= 15 is 0 Å². The topological polar surface area (TPSA) is 98.4 Å². The smallest absolute Gasteiger partial charge is 0.261 e. The number of piperidine rings is 1. The number of nitrogens with zero attached hydrogens (tertiary/aromatic N) is 5. The van der Waals surface area contributed by atoms with Gasteiger partial charge in [0.2, 0.25) is 0 Å². The van der Waals surface area contributed by atoms with Crippen LogP contribution < -0.4 is 10.6 Å². The van der Waals surface area contributed by atoms with Crippen LogP contribution in [0.25, 0.3) is 16.6 Å². The van der Waals surface area contributed by atoms with Gasteiger partial charge in [-0.1, -0.05) is 11.6 Å². The monoisotopic (exact) mass is 525 g/mol. The van der Waals surface area contributed by atoms with E-state index in [1.165, 1.54) is 16.9 Å². The normalized spacial score (nSPS) is 15.6. The first kappa shape index (κ1) is 24.9. The predicted octanol–water partition coefficient (Wildman–Crippen LogP) is 5.00. The number of carbonyl (C=O) groups excluding carboxylic acids is 1. The second-order valence-corrected chi connectivity index (χ2v) is 15.7. The summed E-state index contributed by atoms with van der Waals surface area (Å²) >= 11 is 6.03. The number of nitrogens with one attached hydrogen (secondary N) is 2. The minimum Gasteiger partial charge on any atom is -0.409 e. The second-order valence-electron chi connectivity index (χ2n) is 10.8. The summed E-state index contributed by atoms with van der Waals surface area (Å²) in [4.78, 5) is 17.7. The molecule has 0 spiro atoms. The predicted molar refractivity (Wildman–Crippen MR) is 144 cm³/mol. The first-order chi connectivity index (χ1) is 17.0. The molecule has 0 saturated carbocycles. The van der Waals surface area contributed by atoms with Crippen molar-refractivity contribution < 1.29 is 9.22 Å². The number of carbonyl (C=O) groups is 1. The zero-order valence-electron chi connectivity index (χ0n) is 21.3. The van der Waals surface area contributed by atoms with Gasteiger partial charge in [-0.15, -0.1) is 0 Å². The molecule has 1 aromatic carbocycles. The lowest BCUT2D eigenvalue weighted by Gasteiger charge is -2.34. The van der Waals surface area contributed by atoms with E-state index < -0.39 is 13.9 Å².